The number of aromatic nitrogens is 1. The van der Waals surface area contributed by atoms with Crippen LogP contribution in [0.15, 0.2) is 29.8 Å². The summed E-state index contributed by atoms with van der Waals surface area (Å²) in [5.74, 6) is -1.83. The smallest absolute Gasteiger partial charge is 0.379 e. The third-order valence-electron chi connectivity index (χ3n) is 3.70. The Kier molecular flexibility index (Phi) is 3.25. The number of nitrogens with one attached hydrogen (secondary N) is 1. The van der Waals surface area contributed by atoms with Gasteiger partial charge < -0.3 is 14.8 Å². The standard InChI is InChI=1S/C16H15NO4/c1-2-21-16(20)15(19)11-8-7-10-9-5-3-4-6-12(9)17-13(10)14(11)18/h3-6,17-18H,2,7-8H2,1H3. The number of ketones is 1. The van der Waals surface area contributed by atoms with Crippen molar-refractivity contribution in [1.82, 2.24) is 4.98 Å². The summed E-state index contributed by atoms with van der Waals surface area (Å²) < 4.78 is 4.71. The minimum atomic E-state index is -0.918. The lowest BCUT2D eigenvalue weighted by Crippen LogP contribution is -2.22. The highest BCUT2D eigenvalue weighted by Crippen LogP contribution is 2.34. The van der Waals surface area contributed by atoms with Gasteiger partial charge in [-0.2, -0.15) is 0 Å². The van der Waals surface area contributed by atoms with Crippen LogP contribution in [0.5, 0.6) is 0 Å². The summed E-state index contributed by atoms with van der Waals surface area (Å²) in [7, 11) is 0. The Labute approximate surface area is 121 Å². The van der Waals surface area contributed by atoms with Crippen LogP contribution >= 0.6 is 0 Å². The third-order valence-corrected chi connectivity index (χ3v) is 3.70. The van der Waals surface area contributed by atoms with Crippen LogP contribution in [0.2, 0.25) is 0 Å². The first-order valence-corrected chi connectivity index (χ1v) is 6.87. The zero-order chi connectivity index (χ0) is 15.0. The Hall–Kier alpha value is -2.56. The molecule has 108 valence electrons. The fraction of sp³-hybridized carbons (Fsp3) is 0.250. The van der Waals surface area contributed by atoms with Crippen LogP contribution in [0.4, 0.5) is 0 Å². The van der Waals surface area contributed by atoms with Gasteiger partial charge in [-0.05, 0) is 31.4 Å². The Morgan fingerprint density at radius 3 is 2.81 bits per heavy atom. The quantitative estimate of drug-likeness (QED) is 0.671. The number of aliphatic hydroxyl groups excluding tert-OH is 1. The molecule has 0 amide bonds. The van der Waals surface area contributed by atoms with E-state index in [1.807, 2.05) is 24.3 Å². The van der Waals surface area contributed by atoms with Gasteiger partial charge in [-0.25, -0.2) is 4.79 Å². The number of carbonyl (C=O) groups is 2. The SMILES string of the molecule is CCOC(=O)C(=O)C1=C(O)c2[nH]c3ccccc3c2CC1. The van der Waals surface area contributed by atoms with Crippen molar-refractivity contribution in [3.05, 3.63) is 41.1 Å². The van der Waals surface area contributed by atoms with Gasteiger partial charge in [0.25, 0.3) is 5.78 Å². The molecule has 1 aromatic heterocycles. The number of para-hydroxylation sites is 1. The highest BCUT2D eigenvalue weighted by Gasteiger charge is 2.30. The number of ether oxygens (including phenoxy) is 1. The molecule has 5 nitrogen and oxygen atoms in total. The van der Waals surface area contributed by atoms with Crippen LogP contribution in [0.1, 0.15) is 24.6 Å². The van der Waals surface area contributed by atoms with E-state index in [9.17, 15) is 14.7 Å². The molecule has 0 aliphatic heterocycles. The first-order chi connectivity index (χ1) is 10.1. The second kappa shape index (κ2) is 5.09. The van der Waals surface area contributed by atoms with Crippen molar-refractivity contribution >= 4 is 28.4 Å². The highest BCUT2D eigenvalue weighted by atomic mass is 16.5. The predicted octanol–water partition coefficient (Wildman–Crippen LogP) is 2.52. The summed E-state index contributed by atoms with van der Waals surface area (Å²) in [4.78, 5) is 26.7. The van der Waals surface area contributed by atoms with Gasteiger partial charge >= 0.3 is 5.97 Å². The molecular formula is C16H15NO4. The number of aryl methyl sites for hydroxylation is 1. The third kappa shape index (κ3) is 2.11. The number of carbonyl (C=O) groups excluding carboxylic acids is 2. The van der Waals surface area contributed by atoms with E-state index in [0.717, 1.165) is 16.5 Å². The molecule has 1 aliphatic carbocycles. The topological polar surface area (TPSA) is 79.4 Å². The summed E-state index contributed by atoms with van der Waals surface area (Å²) in [5.41, 5.74) is 2.52. The maximum absolute atomic E-state index is 12.0. The number of esters is 1. The fourth-order valence-corrected chi connectivity index (χ4v) is 2.72. The second-order valence-corrected chi connectivity index (χ2v) is 4.90. The van der Waals surface area contributed by atoms with E-state index in [-0.39, 0.29) is 17.9 Å². The van der Waals surface area contributed by atoms with Crippen LogP contribution in [0.25, 0.3) is 16.7 Å². The zero-order valence-electron chi connectivity index (χ0n) is 11.6. The van der Waals surface area contributed by atoms with Gasteiger partial charge in [0.1, 0.15) is 5.76 Å². The fourth-order valence-electron chi connectivity index (χ4n) is 2.72. The molecular weight excluding hydrogens is 270 g/mol. The number of Topliss-reactive ketones (excluding diaryl/α,β-unsaturated/α-hetero) is 1. The molecule has 21 heavy (non-hydrogen) atoms. The summed E-state index contributed by atoms with van der Waals surface area (Å²) in [5, 5.41) is 11.4. The van der Waals surface area contributed by atoms with E-state index < -0.39 is 11.8 Å². The van der Waals surface area contributed by atoms with E-state index in [1.54, 1.807) is 6.92 Å². The van der Waals surface area contributed by atoms with Crippen molar-refractivity contribution in [2.75, 3.05) is 6.61 Å². The monoisotopic (exact) mass is 285 g/mol. The van der Waals surface area contributed by atoms with Gasteiger partial charge in [-0.1, -0.05) is 18.2 Å². The van der Waals surface area contributed by atoms with Gasteiger partial charge in [0.15, 0.2) is 0 Å². The highest BCUT2D eigenvalue weighted by molar-refractivity contribution is 6.41. The summed E-state index contributed by atoms with van der Waals surface area (Å²) in [6.07, 6.45) is 0.933. The summed E-state index contributed by atoms with van der Waals surface area (Å²) >= 11 is 0. The number of aromatic amines is 1. The molecule has 3 rings (SSSR count). The number of hydrogen-bond acceptors (Lipinski definition) is 4. The molecule has 0 atom stereocenters. The van der Waals surface area contributed by atoms with Gasteiger partial charge in [0, 0.05) is 10.9 Å². The lowest BCUT2D eigenvalue weighted by molar-refractivity contribution is -0.151. The van der Waals surface area contributed by atoms with Gasteiger partial charge in [-0.15, -0.1) is 0 Å². The number of aliphatic hydroxyl groups is 1. The minimum Gasteiger partial charge on any atom is -0.505 e. The average Bonchev–Trinajstić information content (AvgIpc) is 2.87. The largest absolute Gasteiger partial charge is 0.505 e. The van der Waals surface area contributed by atoms with Crippen molar-refractivity contribution in [3.8, 4) is 0 Å². The second-order valence-electron chi connectivity index (χ2n) is 4.90. The Balaban J connectivity index is 2.07. The number of hydrogen-bond donors (Lipinski definition) is 2. The minimum absolute atomic E-state index is 0.118. The van der Waals surface area contributed by atoms with Crippen molar-refractivity contribution in [1.29, 1.82) is 0 Å². The molecule has 0 fully saturated rings. The van der Waals surface area contributed by atoms with Crippen LogP contribution in [-0.4, -0.2) is 28.4 Å². The molecule has 0 saturated carbocycles. The van der Waals surface area contributed by atoms with Crippen molar-refractivity contribution in [3.63, 3.8) is 0 Å². The van der Waals surface area contributed by atoms with Crippen LogP contribution in [-0.2, 0) is 20.7 Å². The van der Waals surface area contributed by atoms with Gasteiger partial charge in [0.05, 0.1) is 17.9 Å². The predicted molar refractivity (Wildman–Crippen MR) is 77.8 cm³/mol. The molecule has 0 bridgehead atoms. The molecule has 2 N–H and O–H groups in total. The lowest BCUT2D eigenvalue weighted by Gasteiger charge is -2.15. The molecule has 0 saturated heterocycles. The summed E-state index contributed by atoms with van der Waals surface area (Å²) in [6.45, 7) is 1.77. The lowest BCUT2D eigenvalue weighted by atomic mass is 9.91. The van der Waals surface area contributed by atoms with Crippen molar-refractivity contribution in [2.24, 2.45) is 0 Å². The molecule has 0 spiro atoms. The van der Waals surface area contributed by atoms with E-state index >= 15 is 0 Å². The number of fused-ring (bicyclic) bond motifs is 3. The van der Waals surface area contributed by atoms with E-state index in [0.29, 0.717) is 18.5 Å². The van der Waals surface area contributed by atoms with Crippen LogP contribution in [0.3, 0.4) is 0 Å². The Bertz CT molecular complexity index is 770. The Morgan fingerprint density at radius 2 is 2.05 bits per heavy atom. The number of benzene rings is 1. The van der Waals surface area contributed by atoms with Crippen LogP contribution < -0.4 is 0 Å². The maximum atomic E-state index is 12.0. The van der Waals surface area contributed by atoms with Crippen molar-refractivity contribution in [2.45, 2.75) is 19.8 Å². The van der Waals surface area contributed by atoms with E-state index in [1.165, 1.54) is 0 Å². The van der Waals surface area contributed by atoms with Gasteiger partial charge in [0.2, 0.25) is 0 Å². The zero-order valence-corrected chi connectivity index (χ0v) is 11.6. The molecule has 5 heteroatoms. The first-order valence-electron chi connectivity index (χ1n) is 6.87. The maximum Gasteiger partial charge on any atom is 0.379 e. The molecule has 0 unspecified atom stereocenters. The normalized spacial score (nSPS) is 14.1. The molecule has 1 aromatic carbocycles. The number of rotatable bonds is 3. The molecule has 2 aromatic rings. The van der Waals surface area contributed by atoms with Gasteiger partial charge in [-0.3, -0.25) is 4.79 Å². The Morgan fingerprint density at radius 1 is 1.29 bits per heavy atom. The average molecular weight is 285 g/mol. The molecule has 1 aliphatic rings. The molecule has 0 radical (unpaired) electrons. The van der Waals surface area contributed by atoms with E-state index in [2.05, 4.69) is 4.98 Å². The summed E-state index contributed by atoms with van der Waals surface area (Å²) in [6, 6.07) is 7.70. The number of H-pyrrole nitrogens is 1. The van der Waals surface area contributed by atoms with E-state index in [4.69, 9.17) is 4.74 Å². The first kappa shape index (κ1) is 13.4. The molecule has 1 heterocycles. The van der Waals surface area contributed by atoms with Crippen LogP contribution in [0, 0.1) is 0 Å². The van der Waals surface area contributed by atoms with Crippen molar-refractivity contribution < 1.29 is 19.4 Å².